The lowest BCUT2D eigenvalue weighted by Gasteiger charge is -2.07. The second-order valence-corrected chi connectivity index (χ2v) is 3.79. The number of nitrogens with two attached hydrogens (primary N) is 1. The van der Waals surface area contributed by atoms with Gasteiger partial charge in [-0.15, -0.1) is 0 Å². The number of aryl methyl sites for hydroxylation is 1. The predicted molar refractivity (Wildman–Crippen MR) is 56.5 cm³/mol. The molecule has 0 fully saturated rings. The lowest BCUT2D eigenvalue weighted by atomic mass is 10.1. The lowest BCUT2D eigenvalue weighted by Crippen LogP contribution is -2.13. The molecular weight excluding hydrogens is 233 g/mol. The molecule has 0 aliphatic carbocycles. The first kappa shape index (κ1) is 11.0. The fraction of sp³-hybridized carbons (Fsp3) is 0.200. The van der Waals surface area contributed by atoms with E-state index in [1.165, 1.54) is 12.1 Å². The van der Waals surface area contributed by atoms with Crippen molar-refractivity contribution in [1.82, 2.24) is 10.1 Å². The fourth-order valence-corrected chi connectivity index (χ4v) is 1.58. The van der Waals surface area contributed by atoms with Crippen molar-refractivity contribution in [3.05, 3.63) is 46.3 Å². The Labute approximate surface area is 96.2 Å². The van der Waals surface area contributed by atoms with Crippen LogP contribution in [0.1, 0.15) is 23.3 Å². The monoisotopic (exact) mass is 241 g/mol. The molecular formula is C10H9ClFN3O. The Bertz CT molecular complexity index is 494. The van der Waals surface area contributed by atoms with Crippen molar-refractivity contribution in [3.63, 3.8) is 0 Å². The molecule has 6 heteroatoms. The van der Waals surface area contributed by atoms with Gasteiger partial charge in [0.2, 0.25) is 5.89 Å². The molecule has 0 aliphatic rings. The van der Waals surface area contributed by atoms with Crippen LogP contribution in [0.5, 0.6) is 0 Å². The molecule has 84 valence electrons. The van der Waals surface area contributed by atoms with Gasteiger partial charge < -0.3 is 10.3 Å². The van der Waals surface area contributed by atoms with Gasteiger partial charge in [0, 0.05) is 11.9 Å². The lowest BCUT2D eigenvalue weighted by molar-refractivity contribution is 0.385. The maximum absolute atomic E-state index is 13.1. The molecule has 2 aromatic rings. The van der Waals surface area contributed by atoms with Crippen LogP contribution in [0.3, 0.4) is 0 Å². The first-order valence-electron chi connectivity index (χ1n) is 4.58. The van der Waals surface area contributed by atoms with Gasteiger partial charge in [-0.2, -0.15) is 4.98 Å². The molecule has 1 heterocycles. The van der Waals surface area contributed by atoms with Gasteiger partial charge in [0.1, 0.15) is 5.82 Å². The molecule has 1 unspecified atom stereocenters. The zero-order chi connectivity index (χ0) is 11.7. The Morgan fingerprint density at radius 3 is 2.75 bits per heavy atom. The number of hydrogen-bond acceptors (Lipinski definition) is 4. The van der Waals surface area contributed by atoms with E-state index in [-0.39, 0.29) is 5.02 Å². The fourth-order valence-electron chi connectivity index (χ4n) is 1.35. The van der Waals surface area contributed by atoms with E-state index in [1.54, 1.807) is 13.0 Å². The van der Waals surface area contributed by atoms with E-state index in [4.69, 9.17) is 21.9 Å². The van der Waals surface area contributed by atoms with E-state index in [0.29, 0.717) is 17.3 Å². The van der Waals surface area contributed by atoms with Crippen molar-refractivity contribution in [1.29, 1.82) is 0 Å². The van der Waals surface area contributed by atoms with Gasteiger partial charge in [-0.1, -0.05) is 16.8 Å². The van der Waals surface area contributed by atoms with Crippen LogP contribution < -0.4 is 5.73 Å². The van der Waals surface area contributed by atoms with Crippen molar-refractivity contribution in [2.45, 2.75) is 13.0 Å². The van der Waals surface area contributed by atoms with Crippen molar-refractivity contribution in [3.8, 4) is 0 Å². The molecule has 0 amide bonds. The van der Waals surface area contributed by atoms with E-state index < -0.39 is 11.9 Å². The normalized spacial score (nSPS) is 12.8. The zero-order valence-corrected chi connectivity index (χ0v) is 9.20. The summed E-state index contributed by atoms with van der Waals surface area (Å²) < 4.78 is 17.9. The maximum Gasteiger partial charge on any atom is 0.223 e. The molecule has 2 N–H and O–H groups in total. The summed E-state index contributed by atoms with van der Waals surface area (Å²) >= 11 is 5.73. The molecule has 1 atom stereocenters. The largest absolute Gasteiger partial charge is 0.340 e. The van der Waals surface area contributed by atoms with Crippen LogP contribution in [0.15, 0.2) is 22.7 Å². The third-order valence-corrected chi connectivity index (χ3v) is 2.28. The Morgan fingerprint density at radius 1 is 1.44 bits per heavy atom. The summed E-state index contributed by atoms with van der Waals surface area (Å²) in [7, 11) is 0. The maximum atomic E-state index is 13.1. The Hall–Kier alpha value is -1.46. The van der Waals surface area contributed by atoms with Crippen LogP contribution in [-0.2, 0) is 0 Å². The average molecular weight is 242 g/mol. The van der Waals surface area contributed by atoms with Gasteiger partial charge in [-0.25, -0.2) is 4.39 Å². The minimum absolute atomic E-state index is 0.283. The SMILES string of the molecule is Cc1nc(C(N)c2cc(F)cc(Cl)c2)no1. The molecule has 0 bridgehead atoms. The van der Waals surface area contributed by atoms with Gasteiger partial charge in [-0.05, 0) is 23.8 Å². The molecule has 0 saturated heterocycles. The second kappa shape index (κ2) is 4.19. The summed E-state index contributed by atoms with van der Waals surface area (Å²) in [5, 5.41) is 3.96. The van der Waals surface area contributed by atoms with E-state index in [9.17, 15) is 4.39 Å². The van der Waals surface area contributed by atoms with Gasteiger partial charge in [0.15, 0.2) is 5.82 Å². The number of nitrogens with zero attached hydrogens (tertiary/aromatic N) is 2. The van der Waals surface area contributed by atoms with Gasteiger partial charge in [-0.3, -0.25) is 0 Å². The van der Waals surface area contributed by atoms with Crippen LogP contribution in [0, 0.1) is 12.7 Å². The third kappa shape index (κ3) is 2.20. The Morgan fingerprint density at radius 2 is 2.19 bits per heavy atom. The molecule has 4 nitrogen and oxygen atoms in total. The molecule has 0 spiro atoms. The van der Waals surface area contributed by atoms with E-state index in [0.717, 1.165) is 0 Å². The smallest absolute Gasteiger partial charge is 0.223 e. The summed E-state index contributed by atoms with van der Waals surface area (Å²) in [6.45, 7) is 1.65. The summed E-state index contributed by atoms with van der Waals surface area (Å²) in [5.74, 6) is 0.269. The highest BCUT2D eigenvalue weighted by Crippen LogP contribution is 2.21. The molecule has 1 aromatic carbocycles. The van der Waals surface area contributed by atoms with Crippen LogP contribution in [-0.4, -0.2) is 10.1 Å². The molecule has 16 heavy (non-hydrogen) atoms. The molecule has 2 rings (SSSR count). The minimum atomic E-state index is -0.648. The third-order valence-electron chi connectivity index (χ3n) is 2.07. The highest BCUT2D eigenvalue weighted by atomic mass is 35.5. The Balaban J connectivity index is 2.37. The van der Waals surface area contributed by atoms with E-state index in [1.807, 2.05) is 0 Å². The molecule has 0 aliphatic heterocycles. The number of hydrogen-bond donors (Lipinski definition) is 1. The molecule has 1 aromatic heterocycles. The van der Waals surface area contributed by atoms with E-state index in [2.05, 4.69) is 10.1 Å². The van der Waals surface area contributed by atoms with Gasteiger partial charge >= 0.3 is 0 Å². The standard InChI is InChI=1S/C10H9ClFN3O/c1-5-14-10(15-16-5)9(13)6-2-7(11)4-8(12)3-6/h2-4,9H,13H2,1H3. The predicted octanol–water partition coefficient (Wildman–Crippen LogP) is 2.22. The van der Waals surface area contributed by atoms with Crippen molar-refractivity contribution in [2.24, 2.45) is 5.73 Å². The number of rotatable bonds is 2. The van der Waals surface area contributed by atoms with Crippen molar-refractivity contribution >= 4 is 11.6 Å². The minimum Gasteiger partial charge on any atom is -0.340 e. The summed E-state index contributed by atoms with van der Waals surface area (Å²) in [6, 6.07) is 3.42. The Kier molecular flexibility index (Phi) is 2.89. The number of halogens is 2. The highest BCUT2D eigenvalue weighted by Gasteiger charge is 2.16. The number of aromatic nitrogens is 2. The highest BCUT2D eigenvalue weighted by molar-refractivity contribution is 6.30. The molecule has 0 saturated carbocycles. The van der Waals surface area contributed by atoms with Gasteiger partial charge in [0.05, 0.1) is 6.04 Å². The van der Waals surface area contributed by atoms with Crippen LogP contribution in [0.25, 0.3) is 0 Å². The summed E-state index contributed by atoms with van der Waals surface area (Å²) in [6.07, 6.45) is 0. The molecule has 0 radical (unpaired) electrons. The quantitative estimate of drug-likeness (QED) is 0.876. The topological polar surface area (TPSA) is 64.9 Å². The summed E-state index contributed by atoms with van der Waals surface area (Å²) in [4.78, 5) is 3.98. The first-order valence-corrected chi connectivity index (χ1v) is 4.96. The number of benzene rings is 1. The average Bonchev–Trinajstić information content (AvgIpc) is 2.62. The van der Waals surface area contributed by atoms with Crippen molar-refractivity contribution < 1.29 is 8.91 Å². The van der Waals surface area contributed by atoms with Crippen molar-refractivity contribution in [2.75, 3.05) is 0 Å². The zero-order valence-electron chi connectivity index (χ0n) is 8.45. The second-order valence-electron chi connectivity index (χ2n) is 3.35. The van der Waals surface area contributed by atoms with Crippen LogP contribution in [0.2, 0.25) is 5.02 Å². The first-order chi connectivity index (χ1) is 7.56. The van der Waals surface area contributed by atoms with Crippen LogP contribution >= 0.6 is 11.6 Å². The van der Waals surface area contributed by atoms with E-state index >= 15 is 0 Å². The van der Waals surface area contributed by atoms with Crippen LogP contribution in [0.4, 0.5) is 4.39 Å². The van der Waals surface area contributed by atoms with Gasteiger partial charge in [0.25, 0.3) is 0 Å². The summed E-state index contributed by atoms with van der Waals surface area (Å²) in [5.41, 5.74) is 6.36.